The van der Waals surface area contributed by atoms with E-state index in [-0.39, 0.29) is 5.84 Å². The summed E-state index contributed by atoms with van der Waals surface area (Å²) in [5, 5.41) is 11.8. The zero-order chi connectivity index (χ0) is 14.0. The van der Waals surface area contributed by atoms with Crippen molar-refractivity contribution < 1.29 is 5.21 Å². The quantitative estimate of drug-likeness (QED) is 0.344. The third kappa shape index (κ3) is 2.60. The van der Waals surface area contributed by atoms with Crippen LogP contribution < -0.4 is 10.6 Å². The van der Waals surface area contributed by atoms with Crippen molar-refractivity contribution in [2.45, 2.75) is 13.0 Å². The molecule has 1 aliphatic rings. The first kappa shape index (κ1) is 13.5. The average molecular weight is 264 g/mol. The van der Waals surface area contributed by atoms with Crippen LogP contribution in [0.2, 0.25) is 0 Å². The van der Waals surface area contributed by atoms with E-state index in [9.17, 15) is 0 Å². The van der Waals surface area contributed by atoms with Crippen LogP contribution in [0.15, 0.2) is 17.5 Å². The summed E-state index contributed by atoms with van der Waals surface area (Å²) in [5.74, 6) is 1.19. The fourth-order valence-electron chi connectivity index (χ4n) is 2.58. The van der Waals surface area contributed by atoms with Crippen molar-refractivity contribution in [2.24, 2.45) is 16.8 Å². The Labute approximate surface area is 112 Å². The fourth-order valence-corrected chi connectivity index (χ4v) is 2.58. The molecule has 0 saturated carbocycles. The summed E-state index contributed by atoms with van der Waals surface area (Å²) in [6, 6.07) is 0.460. The topological polar surface area (TPSA) is 90.9 Å². The van der Waals surface area contributed by atoms with Gasteiger partial charge in [0.05, 0.1) is 0 Å². The molecule has 2 heterocycles. The Balaban J connectivity index is 2.29. The summed E-state index contributed by atoms with van der Waals surface area (Å²) in [7, 11) is 4.15. The minimum atomic E-state index is -0.0101. The second-order valence-corrected chi connectivity index (χ2v) is 5.13. The number of amidine groups is 1. The van der Waals surface area contributed by atoms with Gasteiger partial charge >= 0.3 is 0 Å². The van der Waals surface area contributed by atoms with Gasteiger partial charge in [-0.3, -0.25) is 0 Å². The molecular weight excluding hydrogens is 244 g/mol. The Hall–Kier alpha value is -1.89. The van der Waals surface area contributed by atoms with E-state index < -0.39 is 0 Å². The van der Waals surface area contributed by atoms with E-state index in [1.165, 1.54) is 0 Å². The lowest BCUT2D eigenvalue weighted by atomic mass is 10.1. The van der Waals surface area contributed by atoms with Gasteiger partial charge in [-0.1, -0.05) is 12.1 Å². The van der Waals surface area contributed by atoms with Crippen molar-refractivity contribution >= 4 is 11.7 Å². The first-order valence-corrected chi connectivity index (χ1v) is 6.25. The van der Waals surface area contributed by atoms with Crippen LogP contribution in [0.25, 0.3) is 0 Å². The molecule has 1 saturated heterocycles. The maximum atomic E-state index is 8.82. The summed E-state index contributed by atoms with van der Waals surface area (Å²) in [6.07, 6.45) is 3.16. The van der Waals surface area contributed by atoms with Crippen molar-refractivity contribution in [3.8, 4) is 0 Å². The molecule has 0 bridgehead atoms. The number of aromatic nitrogens is 2. The molecule has 1 aromatic rings. The van der Waals surface area contributed by atoms with Crippen LogP contribution in [0, 0.1) is 5.92 Å². The maximum Gasteiger partial charge on any atom is 0.192 e. The molecule has 0 aromatic carbocycles. The number of anilines is 1. The van der Waals surface area contributed by atoms with Crippen LogP contribution in [0.5, 0.6) is 0 Å². The van der Waals surface area contributed by atoms with Gasteiger partial charge in [-0.15, -0.1) is 0 Å². The molecule has 3 N–H and O–H groups in total. The lowest BCUT2D eigenvalue weighted by molar-refractivity contribution is 0.266. The minimum Gasteiger partial charge on any atom is -0.409 e. The van der Waals surface area contributed by atoms with Gasteiger partial charge in [0, 0.05) is 31.5 Å². The molecule has 0 spiro atoms. The number of likely N-dealkylation sites (N-methyl/N-ethyl adjacent to an activating group) is 1. The van der Waals surface area contributed by atoms with Crippen LogP contribution in [-0.4, -0.2) is 59.1 Å². The number of rotatable bonds is 3. The third-order valence-corrected chi connectivity index (χ3v) is 3.56. The molecule has 2 unspecified atom stereocenters. The molecular formula is C12H20N6O. The van der Waals surface area contributed by atoms with Crippen LogP contribution >= 0.6 is 0 Å². The van der Waals surface area contributed by atoms with E-state index in [1.807, 2.05) is 0 Å². The Bertz CT molecular complexity index is 475. The Morgan fingerprint density at radius 2 is 2.11 bits per heavy atom. The lowest BCUT2D eigenvalue weighted by Gasteiger charge is -2.23. The highest BCUT2D eigenvalue weighted by Crippen LogP contribution is 2.26. The largest absolute Gasteiger partial charge is 0.409 e. The van der Waals surface area contributed by atoms with E-state index in [0.717, 1.165) is 13.1 Å². The predicted octanol–water partition coefficient (Wildman–Crippen LogP) is -0.0426. The molecule has 7 nitrogen and oxygen atoms in total. The maximum absolute atomic E-state index is 8.82. The first-order valence-electron chi connectivity index (χ1n) is 6.25. The van der Waals surface area contributed by atoms with Crippen molar-refractivity contribution in [1.29, 1.82) is 0 Å². The van der Waals surface area contributed by atoms with Crippen molar-refractivity contribution in [1.82, 2.24) is 14.9 Å². The summed E-state index contributed by atoms with van der Waals surface area (Å²) in [6.45, 7) is 3.95. The summed E-state index contributed by atoms with van der Waals surface area (Å²) < 4.78 is 0. The van der Waals surface area contributed by atoms with Crippen molar-refractivity contribution in [3.63, 3.8) is 0 Å². The number of nitrogens with two attached hydrogens (primary N) is 1. The van der Waals surface area contributed by atoms with E-state index in [4.69, 9.17) is 10.9 Å². The van der Waals surface area contributed by atoms with E-state index in [2.05, 4.69) is 45.9 Å². The molecule has 7 heteroatoms. The number of oxime groups is 1. The van der Waals surface area contributed by atoms with Crippen molar-refractivity contribution in [3.05, 3.63) is 18.1 Å². The highest BCUT2D eigenvalue weighted by molar-refractivity contribution is 5.99. The highest BCUT2D eigenvalue weighted by atomic mass is 16.4. The Morgan fingerprint density at radius 3 is 2.68 bits per heavy atom. The average Bonchev–Trinajstić information content (AvgIpc) is 2.80. The van der Waals surface area contributed by atoms with Crippen LogP contribution in [0.1, 0.15) is 12.6 Å². The van der Waals surface area contributed by atoms with Crippen LogP contribution in [0.3, 0.4) is 0 Å². The Kier molecular flexibility index (Phi) is 3.84. The molecule has 0 amide bonds. The van der Waals surface area contributed by atoms with Gasteiger partial charge in [0.15, 0.2) is 17.3 Å². The number of hydrogen-bond donors (Lipinski definition) is 2. The molecule has 104 valence electrons. The number of hydrogen-bond acceptors (Lipinski definition) is 6. The van der Waals surface area contributed by atoms with Gasteiger partial charge in [-0.25, -0.2) is 9.97 Å². The molecule has 0 aliphatic carbocycles. The molecule has 1 aliphatic heterocycles. The molecule has 2 atom stereocenters. The van der Waals surface area contributed by atoms with Crippen LogP contribution in [0.4, 0.5) is 5.82 Å². The fraction of sp³-hybridized carbons (Fsp3) is 0.583. The smallest absolute Gasteiger partial charge is 0.192 e. The molecule has 19 heavy (non-hydrogen) atoms. The van der Waals surface area contributed by atoms with Gasteiger partial charge < -0.3 is 20.7 Å². The SMILES string of the molecule is CC1CN(c2nccnc2C(N)=NO)CC1N(C)C. The monoisotopic (exact) mass is 264 g/mol. The van der Waals surface area contributed by atoms with Gasteiger partial charge in [-0.2, -0.15) is 0 Å². The third-order valence-electron chi connectivity index (χ3n) is 3.56. The lowest BCUT2D eigenvalue weighted by Crippen LogP contribution is -2.35. The zero-order valence-corrected chi connectivity index (χ0v) is 11.5. The highest BCUT2D eigenvalue weighted by Gasteiger charge is 2.33. The van der Waals surface area contributed by atoms with Gasteiger partial charge in [-0.05, 0) is 20.0 Å². The predicted molar refractivity (Wildman–Crippen MR) is 73.4 cm³/mol. The summed E-state index contributed by atoms with van der Waals surface area (Å²) in [4.78, 5) is 12.8. The second kappa shape index (κ2) is 5.40. The Morgan fingerprint density at radius 1 is 1.42 bits per heavy atom. The molecule has 1 fully saturated rings. The van der Waals surface area contributed by atoms with E-state index in [1.54, 1.807) is 12.4 Å². The zero-order valence-electron chi connectivity index (χ0n) is 11.5. The molecule has 1 aromatic heterocycles. The standard InChI is InChI=1S/C12H20N6O/c1-8-6-18(7-9(8)17(2)3)12-10(11(13)16-19)14-4-5-15-12/h4-5,8-9,19H,6-7H2,1-3H3,(H2,13,16). The summed E-state index contributed by atoms with van der Waals surface area (Å²) >= 11 is 0. The normalized spacial score (nSPS) is 24.2. The second-order valence-electron chi connectivity index (χ2n) is 5.13. The minimum absolute atomic E-state index is 0.0101. The number of nitrogens with zero attached hydrogens (tertiary/aromatic N) is 5. The van der Waals surface area contributed by atoms with Gasteiger partial charge in [0.25, 0.3) is 0 Å². The van der Waals surface area contributed by atoms with E-state index >= 15 is 0 Å². The van der Waals surface area contributed by atoms with Gasteiger partial charge in [0.1, 0.15) is 0 Å². The molecule has 0 radical (unpaired) electrons. The van der Waals surface area contributed by atoms with Crippen LogP contribution in [-0.2, 0) is 0 Å². The summed E-state index contributed by atoms with van der Waals surface area (Å²) in [5.41, 5.74) is 6.08. The van der Waals surface area contributed by atoms with E-state index in [0.29, 0.717) is 23.5 Å². The molecule has 2 rings (SSSR count). The van der Waals surface area contributed by atoms with Gasteiger partial charge in [0.2, 0.25) is 0 Å². The first-order chi connectivity index (χ1) is 9.04. The van der Waals surface area contributed by atoms with Crippen molar-refractivity contribution in [2.75, 3.05) is 32.1 Å².